The van der Waals surface area contributed by atoms with Gasteiger partial charge in [-0.1, -0.05) is 12.1 Å². The molecule has 2 aromatic rings. The number of thiazole rings is 1. The first kappa shape index (κ1) is 13.5. The van der Waals surface area contributed by atoms with Crippen LogP contribution in [0.1, 0.15) is 10.6 Å². The third kappa shape index (κ3) is 4.71. The minimum absolute atomic E-state index is 0.0430. The lowest BCUT2D eigenvalue weighted by atomic mass is 10.2. The standard InChI is InChI=1S/C14H16N2O2S/c1-11-3-2-4-12(9-11)18-10-13(17)15-6-5-14-16-7-8-19-14/h2-4,7-9H,5-6,10H2,1H3,(H,15,17). The minimum atomic E-state index is -0.113. The van der Waals surface area contributed by atoms with E-state index in [1.54, 1.807) is 17.5 Å². The molecule has 4 nitrogen and oxygen atoms in total. The number of amides is 1. The summed E-state index contributed by atoms with van der Waals surface area (Å²) in [5.74, 6) is 0.605. The van der Waals surface area contributed by atoms with Crippen LogP contribution in [-0.4, -0.2) is 24.0 Å². The molecule has 1 aromatic carbocycles. The van der Waals surface area contributed by atoms with Gasteiger partial charge in [0, 0.05) is 24.5 Å². The smallest absolute Gasteiger partial charge is 0.257 e. The lowest BCUT2D eigenvalue weighted by Crippen LogP contribution is -2.30. The molecular formula is C14H16N2O2S. The number of carbonyl (C=O) groups is 1. The second-order valence-electron chi connectivity index (χ2n) is 4.13. The molecular weight excluding hydrogens is 260 g/mol. The lowest BCUT2D eigenvalue weighted by Gasteiger charge is -2.07. The number of ether oxygens (including phenoxy) is 1. The molecule has 0 radical (unpaired) electrons. The monoisotopic (exact) mass is 276 g/mol. The van der Waals surface area contributed by atoms with Gasteiger partial charge in [-0.25, -0.2) is 4.98 Å². The number of carbonyl (C=O) groups excluding carboxylic acids is 1. The van der Waals surface area contributed by atoms with Crippen LogP contribution in [0.5, 0.6) is 5.75 Å². The van der Waals surface area contributed by atoms with Gasteiger partial charge in [-0.05, 0) is 24.6 Å². The molecule has 1 aromatic heterocycles. The summed E-state index contributed by atoms with van der Waals surface area (Å²) < 4.78 is 5.41. The molecule has 100 valence electrons. The predicted molar refractivity (Wildman–Crippen MR) is 75.5 cm³/mol. The number of nitrogens with zero attached hydrogens (tertiary/aromatic N) is 1. The number of rotatable bonds is 6. The Kier molecular flexibility index (Phi) is 4.92. The van der Waals surface area contributed by atoms with Crippen molar-refractivity contribution in [2.24, 2.45) is 0 Å². The molecule has 1 amide bonds. The van der Waals surface area contributed by atoms with E-state index in [-0.39, 0.29) is 12.5 Å². The fraction of sp³-hybridized carbons (Fsp3) is 0.286. The van der Waals surface area contributed by atoms with Crippen LogP contribution in [0.25, 0.3) is 0 Å². The summed E-state index contributed by atoms with van der Waals surface area (Å²) in [5.41, 5.74) is 1.11. The van der Waals surface area contributed by atoms with E-state index < -0.39 is 0 Å². The van der Waals surface area contributed by atoms with Gasteiger partial charge >= 0.3 is 0 Å². The number of hydrogen-bond acceptors (Lipinski definition) is 4. The van der Waals surface area contributed by atoms with Crippen LogP contribution in [0.3, 0.4) is 0 Å². The average molecular weight is 276 g/mol. The van der Waals surface area contributed by atoms with Crippen LogP contribution in [0.2, 0.25) is 0 Å². The maximum Gasteiger partial charge on any atom is 0.257 e. The van der Waals surface area contributed by atoms with Crippen LogP contribution in [-0.2, 0) is 11.2 Å². The first-order chi connectivity index (χ1) is 9.24. The van der Waals surface area contributed by atoms with Crippen molar-refractivity contribution in [3.8, 4) is 5.75 Å². The molecule has 5 heteroatoms. The molecule has 1 heterocycles. The number of hydrogen-bond donors (Lipinski definition) is 1. The van der Waals surface area contributed by atoms with E-state index in [2.05, 4.69) is 10.3 Å². The number of aryl methyl sites for hydroxylation is 1. The largest absolute Gasteiger partial charge is 0.484 e. The van der Waals surface area contributed by atoms with Gasteiger partial charge in [0.05, 0.1) is 5.01 Å². The van der Waals surface area contributed by atoms with Gasteiger partial charge < -0.3 is 10.1 Å². The van der Waals surface area contributed by atoms with Crippen LogP contribution >= 0.6 is 11.3 Å². The quantitative estimate of drug-likeness (QED) is 0.880. The third-order valence-electron chi connectivity index (χ3n) is 2.50. The van der Waals surface area contributed by atoms with Crippen LogP contribution in [0.4, 0.5) is 0 Å². The minimum Gasteiger partial charge on any atom is -0.484 e. The Bertz CT molecular complexity index is 526. The molecule has 0 unspecified atom stereocenters. The molecule has 0 saturated heterocycles. The summed E-state index contributed by atoms with van der Waals surface area (Å²) in [6.45, 7) is 2.62. The van der Waals surface area contributed by atoms with Crippen molar-refractivity contribution in [2.45, 2.75) is 13.3 Å². The SMILES string of the molecule is Cc1cccc(OCC(=O)NCCc2nccs2)c1. The van der Waals surface area contributed by atoms with Gasteiger partial charge in [0.2, 0.25) is 0 Å². The number of benzene rings is 1. The van der Waals surface area contributed by atoms with Crippen molar-refractivity contribution in [2.75, 3.05) is 13.2 Å². The van der Waals surface area contributed by atoms with Crippen molar-refractivity contribution in [3.05, 3.63) is 46.4 Å². The summed E-state index contributed by atoms with van der Waals surface area (Å²) in [6.07, 6.45) is 2.52. The van der Waals surface area contributed by atoms with Gasteiger partial charge in [-0.3, -0.25) is 4.79 Å². The van der Waals surface area contributed by atoms with E-state index in [4.69, 9.17) is 4.74 Å². The number of aromatic nitrogens is 1. The predicted octanol–water partition coefficient (Wildman–Crippen LogP) is 2.19. The molecule has 0 aliphatic carbocycles. The Hall–Kier alpha value is -1.88. The first-order valence-electron chi connectivity index (χ1n) is 6.08. The molecule has 0 saturated carbocycles. The van der Waals surface area contributed by atoms with E-state index in [0.29, 0.717) is 6.54 Å². The highest BCUT2D eigenvalue weighted by atomic mass is 32.1. The van der Waals surface area contributed by atoms with E-state index in [1.807, 2.05) is 36.6 Å². The maximum absolute atomic E-state index is 11.6. The second kappa shape index (κ2) is 6.89. The van der Waals surface area contributed by atoms with Crippen LogP contribution in [0.15, 0.2) is 35.8 Å². The molecule has 19 heavy (non-hydrogen) atoms. The van der Waals surface area contributed by atoms with Gasteiger partial charge in [0.25, 0.3) is 5.91 Å². The molecule has 0 atom stereocenters. The van der Waals surface area contributed by atoms with E-state index >= 15 is 0 Å². The highest BCUT2D eigenvalue weighted by Gasteiger charge is 2.03. The van der Waals surface area contributed by atoms with Gasteiger partial charge in [0.15, 0.2) is 6.61 Å². The highest BCUT2D eigenvalue weighted by molar-refractivity contribution is 7.09. The molecule has 0 aliphatic rings. The maximum atomic E-state index is 11.6. The Morgan fingerprint density at radius 3 is 3.11 bits per heavy atom. The van der Waals surface area contributed by atoms with Crippen molar-refractivity contribution in [3.63, 3.8) is 0 Å². The fourth-order valence-corrected chi connectivity index (χ4v) is 2.21. The van der Waals surface area contributed by atoms with E-state index in [0.717, 1.165) is 22.7 Å². The Labute approximate surface area is 116 Å². The lowest BCUT2D eigenvalue weighted by molar-refractivity contribution is -0.123. The summed E-state index contributed by atoms with van der Waals surface area (Å²) in [7, 11) is 0. The highest BCUT2D eigenvalue weighted by Crippen LogP contribution is 2.11. The Balaban J connectivity index is 1.67. The van der Waals surface area contributed by atoms with Gasteiger partial charge in [-0.2, -0.15) is 0 Å². The second-order valence-corrected chi connectivity index (χ2v) is 5.11. The zero-order valence-corrected chi connectivity index (χ0v) is 11.6. The third-order valence-corrected chi connectivity index (χ3v) is 3.34. The van der Waals surface area contributed by atoms with Crippen molar-refractivity contribution < 1.29 is 9.53 Å². The zero-order chi connectivity index (χ0) is 13.5. The van der Waals surface area contributed by atoms with Crippen molar-refractivity contribution >= 4 is 17.2 Å². The average Bonchev–Trinajstić information content (AvgIpc) is 2.90. The van der Waals surface area contributed by atoms with Crippen molar-refractivity contribution in [1.82, 2.24) is 10.3 Å². The molecule has 2 rings (SSSR count). The van der Waals surface area contributed by atoms with Crippen LogP contribution < -0.4 is 10.1 Å². The number of nitrogens with one attached hydrogen (secondary N) is 1. The summed E-state index contributed by atoms with van der Waals surface area (Å²) >= 11 is 1.59. The molecule has 0 spiro atoms. The van der Waals surface area contributed by atoms with E-state index in [9.17, 15) is 4.79 Å². The molecule has 1 N–H and O–H groups in total. The summed E-state index contributed by atoms with van der Waals surface area (Å²) in [6, 6.07) is 7.64. The topological polar surface area (TPSA) is 51.2 Å². The normalized spacial score (nSPS) is 10.2. The molecule has 0 aliphatic heterocycles. The molecule has 0 fully saturated rings. The fourth-order valence-electron chi connectivity index (χ4n) is 1.59. The van der Waals surface area contributed by atoms with Crippen LogP contribution in [0, 0.1) is 6.92 Å². The van der Waals surface area contributed by atoms with E-state index in [1.165, 1.54) is 0 Å². The van der Waals surface area contributed by atoms with Gasteiger partial charge in [-0.15, -0.1) is 11.3 Å². The van der Waals surface area contributed by atoms with Crippen molar-refractivity contribution in [1.29, 1.82) is 0 Å². The molecule has 0 bridgehead atoms. The summed E-state index contributed by atoms with van der Waals surface area (Å²) in [5, 5.41) is 5.76. The Morgan fingerprint density at radius 1 is 1.47 bits per heavy atom. The van der Waals surface area contributed by atoms with Gasteiger partial charge in [0.1, 0.15) is 5.75 Å². The summed E-state index contributed by atoms with van der Waals surface area (Å²) in [4.78, 5) is 15.7. The Morgan fingerprint density at radius 2 is 2.37 bits per heavy atom. The first-order valence-corrected chi connectivity index (χ1v) is 6.96. The zero-order valence-electron chi connectivity index (χ0n) is 10.8.